The molecule has 0 saturated carbocycles. The number of Topliss-reactive ketones (excluding diaryl/α,β-unsaturated/α-hetero) is 1. The lowest BCUT2D eigenvalue weighted by Gasteiger charge is -2.07. The highest BCUT2D eigenvalue weighted by Gasteiger charge is 2.11. The van der Waals surface area contributed by atoms with Gasteiger partial charge in [0.25, 0.3) is 0 Å². The maximum Gasteiger partial charge on any atom is 0.147 e. The molecule has 0 N–H and O–H groups in total. The van der Waals surface area contributed by atoms with Crippen LogP contribution in [0.25, 0.3) is 0 Å². The molecule has 0 atom stereocenters. The van der Waals surface area contributed by atoms with E-state index in [0.717, 1.165) is 12.8 Å². The average Bonchev–Trinajstić information content (AvgIpc) is 1.91. The van der Waals surface area contributed by atoms with E-state index in [2.05, 4.69) is 5.92 Å². The van der Waals surface area contributed by atoms with Crippen LogP contribution in [0.1, 0.15) is 33.1 Å². The summed E-state index contributed by atoms with van der Waals surface area (Å²) in [5.74, 6) is 2.77. The van der Waals surface area contributed by atoms with Crippen LogP contribution in [0.2, 0.25) is 0 Å². The molecular formula is C9H14O. The van der Waals surface area contributed by atoms with Crippen LogP contribution in [0, 0.1) is 18.3 Å². The molecule has 1 nitrogen and oxygen atoms in total. The van der Waals surface area contributed by atoms with Crippen molar-refractivity contribution in [3.63, 3.8) is 0 Å². The quantitative estimate of drug-likeness (QED) is 0.543. The predicted octanol–water partition coefficient (Wildman–Crippen LogP) is 2.02. The van der Waals surface area contributed by atoms with Gasteiger partial charge in [0, 0.05) is 5.92 Å². The highest BCUT2D eigenvalue weighted by Crippen LogP contribution is 2.09. The van der Waals surface area contributed by atoms with Crippen LogP contribution in [-0.2, 0) is 4.79 Å². The van der Waals surface area contributed by atoms with E-state index in [1.807, 2.05) is 13.8 Å². The Morgan fingerprint density at radius 2 is 2.00 bits per heavy atom. The minimum absolute atomic E-state index is 0.191. The van der Waals surface area contributed by atoms with Gasteiger partial charge in [-0.15, -0.1) is 6.42 Å². The fourth-order valence-corrected chi connectivity index (χ4v) is 0.989. The van der Waals surface area contributed by atoms with Gasteiger partial charge in [-0.1, -0.05) is 19.8 Å². The fourth-order valence-electron chi connectivity index (χ4n) is 0.989. The second kappa shape index (κ2) is 5.05. The number of terminal acetylenes is 1. The molecule has 0 aliphatic heterocycles. The molecule has 0 bridgehead atoms. The van der Waals surface area contributed by atoms with Crippen LogP contribution in [0.3, 0.4) is 0 Å². The van der Waals surface area contributed by atoms with E-state index in [-0.39, 0.29) is 11.7 Å². The first-order chi connectivity index (χ1) is 4.76. The molecule has 1 heteroatoms. The van der Waals surface area contributed by atoms with Crippen molar-refractivity contribution in [2.75, 3.05) is 0 Å². The summed E-state index contributed by atoms with van der Waals surface area (Å²) in [4.78, 5) is 11.1. The molecule has 56 valence electrons. The van der Waals surface area contributed by atoms with Gasteiger partial charge in [-0.05, 0) is 12.8 Å². The van der Waals surface area contributed by atoms with E-state index in [4.69, 9.17) is 6.42 Å². The van der Waals surface area contributed by atoms with Crippen molar-refractivity contribution in [3.8, 4) is 12.3 Å². The minimum atomic E-state index is 0.191. The number of ketones is 1. The van der Waals surface area contributed by atoms with Gasteiger partial charge in [-0.2, -0.15) is 0 Å². The van der Waals surface area contributed by atoms with Gasteiger partial charge >= 0.3 is 0 Å². The van der Waals surface area contributed by atoms with E-state index >= 15 is 0 Å². The third-order valence-electron chi connectivity index (χ3n) is 1.72. The monoisotopic (exact) mass is 138 g/mol. The van der Waals surface area contributed by atoms with Gasteiger partial charge in [-0.3, -0.25) is 4.79 Å². The third kappa shape index (κ3) is 2.68. The smallest absolute Gasteiger partial charge is 0.147 e. The summed E-state index contributed by atoms with van der Waals surface area (Å²) in [7, 11) is 0. The molecule has 0 saturated heterocycles. The Kier molecular flexibility index (Phi) is 4.66. The molecule has 0 radical (unpaired) electrons. The van der Waals surface area contributed by atoms with Crippen molar-refractivity contribution >= 4 is 5.78 Å². The standard InChI is InChI=1S/C9H14O/c1-4-7-9(10)8(5-2)6-3/h1,8H,5-7H2,2-3H3. The molecular weight excluding hydrogens is 124 g/mol. The second-order valence-electron chi connectivity index (χ2n) is 2.36. The molecule has 0 aliphatic rings. The first-order valence-electron chi connectivity index (χ1n) is 3.72. The Morgan fingerprint density at radius 1 is 1.50 bits per heavy atom. The highest BCUT2D eigenvalue weighted by atomic mass is 16.1. The Bertz CT molecular complexity index is 137. The van der Waals surface area contributed by atoms with E-state index in [9.17, 15) is 4.79 Å². The lowest BCUT2D eigenvalue weighted by atomic mass is 9.96. The van der Waals surface area contributed by atoms with Gasteiger partial charge in [-0.25, -0.2) is 0 Å². The summed E-state index contributed by atoms with van der Waals surface area (Å²) in [6, 6.07) is 0. The summed E-state index contributed by atoms with van der Waals surface area (Å²) in [5, 5.41) is 0. The molecule has 10 heavy (non-hydrogen) atoms. The van der Waals surface area contributed by atoms with Gasteiger partial charge in [0.1, 0.15) is 5.78 Å². The molecule has 0 heterocycles. The van der Waals surface area contributed by atoms with Gasteiger partial charge in [0.05, 0.1) is 6.42 Å². The van der Waals surface area contributed by atoms with Gasteiger partial charge < -0.3 is 0 Å². The largest absolute Gasteiger partial charge is 0.298 e. The fraction of sp³-hybridized carbons (Fsp3) is 0.667. The number of hydrogen-bond donors (Lipinski definition) is 0. The summed E-state index contributed by atoms with van der Waals surface area (Å²) in [6.45, 7) is 4.03. The van der Waals surface area contributed by atoms with Crippen LogP contribution in [-0.4, -0.2) is 5.78 Å². The molecule has 0 aromatic rings. The first kappa shape index (κ1) is 9.23. The van der Waals surface area contributed by atoms with Crippen LogP contribution < -0.4 is 0 Å². The molecule has 0 aromatic carbocycles. The Hall–Kier alpha value is -0.770. The Balaban J connectivity index is 3.79. The average molecular weight is 138 g/mol. The van der Waals surface area contributed by atoms with E-state index in [1.165, 1.54) is 0 Å². The predicted molar refractivity (Wildman–Crippen MR) is 42.5 cm³/mol. The summed E-state index contributed by atoms with van der Waals surface area (Å²) >= 11 is 0. The molecule has 0 unspecified atom stereocenters. The third-order valence-corrected chi connectivity index (χ3v) is 1.72. The SMILES string of the molecule is C#CCC(=O)C(CC)CC. The van der Waals surface area contributed by atoms with E-state index < -0.39 is 0 Å². The van der Waals surface area contributed by atoms with Crippen molar-refractivity contribution in [3.05, 3.63) is 0 Å². The topological polar surface area (TPSA) is 17.1 Å². The number of carbonyl (C=O) groups is 1. The van der Waals surface area contributed by atoms with Crippen molar-refractivity contribution in [2.45, 2.75) is 33.1 Å². The molecule has 0 fully saturated rings. The van der Waals surface area contributed by atoms with Crippen LogP contribution in [0.15, 0.2) is 0 Å². The zero-order chi connectivity index (χ0) is 7.98. The Labute approximate surface area is 62.8 Å². The van der Waals surface area contributed by atoms with Crippen molar-refractivity contribution in [2.24, 2.45) is 5.92 Å². The normalized spacial score (nSPS) is 9.40. The van der Waals surface area contributed by atoms with Crippen LogP contribution in [0.4, 0.5) is 0 Å². The van der Waals surface area contributed by atoms with Crippen LogP contribution in [0.5, 0.6) is 0 Å². The highest BCUT2D eigenvalue weighted by molar-refractivity contribution is 5.82. The molecule has 0 rings (SSSR count). The minimum Gasteiger partial charge on any atom is -0.298 e. The second-order valence-corrected chi connectivity index (χ2v) is 2.36. The van der Waals surface area contributed by atoms with Crippen LogP contribution >= 0.6 is 0 Å². The summed E-state index contributed by atoms with van der Waals surface area (Å²) in [5.41, 5.74) is 0. The van der Waals surface area contributed by atoms with Crippen molar-refractivity contribution in [1.29, 1.82) is 0 Å². The number of rotatable bonds is 4. The van der Waals surface area contributed by atoms with Crippen molar-refractivity contribution < 1.29 is 4.79 Å². The van der Waals surface area contributed by atoms with Gasteiger partial charge in [0.2, 0.25) is 0 Å². The summed E-state index contributed by atoms with van der Waals surface area (Å²) < 4.78 is 0. The lowest BCUT2D eigenvalue weighted by Crippen LogP contribution is -2.11. The van der Waals surface area contributed by atoms with E-state index in [1.54, 1.807) is 0 Å². The molecule has 0 aliphatic carbocycles. The zero-order valence-corrected chi connectivity index (χ0v) is 6.68. The van der Waals surface area contributed by atoms with E-state index in [0.29, 0.717) is 6.42 Å². The van der Waals surface area contributed by atoms with Gasteiger partial charge in [0.15, 0.2) is 0 Å². The first-order valence-corrected chi connectivity index (χ1v) is 3.72. The molecule has 0 spiro atoms. The summed E-state index contributed by atoms with van der Waals surface area (Å²) in [6.07, 6.45) is 7.13. The Morgan fingerprint density at radius 3 is 2.30 bits per heavy atom. The number of hydrogen-bond acceptors (Lipinski definition) is 1. The number of carbonyl (C=O) groups excluding carboxylic acids is 1. The molecule has 0 amide bonds. The maximum atomic E-state index is 11.1. The lowest BCUT2D eigenvalue weighted by molar-refractivity contribution is -0.122. The molecule has 0 aromatic heterocycles. The zero-order valence-electron chi connectivity index (χ0n) is 6.68. The van der Waals surface area contributed by atoms with Crippen molar-refractivity contribution in [1.82, 2.24) is 0 Å². The maximum absolute atomic E-state index is 11.1.